The lowest BCUT2D eigenvalue weighted by Gasteiger charge is -2.14. The summed E-state index contributed by atoms with van der Waals surface area (Å²) in [6.07, 6.45) is 5.31. The number of carbonyl (C=O) groups is 2. The lowest BCUT2D eigenvalue weighted by Crippen LogP contribution is -2.15. The van der Waals surface area contributed by atoms with Gasteiger partial charge in [0.25, 0.3) is 0 Å². The quantitative estimate of drug-likeness (QED) is 0.669. The van der Waals surface area contributed by atoms with Crippen molar-refractivity contribution in [2.24, 2.45) is 0 Å². The molecule has 0 saturated carbocycles. The van der Waals surface area contributed by atoms with Gasteiger partial charge in [-0.25, -0.2) is 0 Å². The Bertz CT molecular complexity index is 457. The van der Waals surface area contributed by atoms with Gasteiger partial charge in [0.15, 0.2) is 6.29 Å². The average Bonchev–Trinajstić information content (AvgIpc) is 2.46. The lowest BCUT2D eigenvalue weighted by molar-refractivity contribution is -0.104. The van der Waals surface area contributed by atoms with E-state index in [1.54, 1.807) is 13.2 Å². The van der Waals surface area contributed by atoms with Crippen LogP contribution in [-0.2, 0) is 9.53 Å². The van der Waals surface area contributed by atoms with Crippen molar-refractivity contribution in [3.8, 4) is 5.75 Å². The summed E-state index contributed by atoms with van der Waals surface area (Å²) in [5.74, 6) is 0.0327. The molecule has 4 nitrogen and oxygen atoms in total. The zero-order chi connectivity index (χ0) is 17.6. The second-order valence-electron chi connectivity index (χ2n) is 5.45. The number of methoxy groups -OCH3 is 1. The van der Waals surface area contributed by atoms with Crippen LogP contribution in [-0.4, -0.2) is 30.4 Å². The third kappa shape index (κ3) is 13.1. The minimum atomic E-state index is 0.0327. The number of phenols is 1. The second-order valence-corrected chi connectivity index (χ2v) is 5.45. The van der Waals surface area contributed by atoms with Gasteiger partial charge in [-0.15, -0.1) is 0 Å². The molecule has 0 amide bonds. The molecule has 4 heteroatoms. The summed E-state index contributed by atoms with van der Waals surface area (Å²) >= 11 is 0. The summed E-state index contributed by atoms with van der Waals surface area (Å²) in [6, 6.07) is 4.37. The molecular formula is C18H28O4. The van der Waals surface area contributed by atoms with E-state index in [-0.39, 0.29) is 11.4 Å². The molecule has 22 heavy (non-hydrogen) atoms. The molecule has 0 atom stereocenters. The van der Waals surface area contributed by atoms with E-state index in [1.807, 2.05) is 20.8 Å². The molecule has 1 N–H and O–H groups in total. The van der Waals surface area contributed by atoms with Gasteiger partial charge in [0.1, 0.15) is 12.0 Å². The summed E-state index contributed by atoms with van der Waals surface area (Å²) < 4.78 is 4.94. The highest BCUT2D eigenvalue weighted by Crippen LogP contribution is 2.15. The van der Waals surface area contributed by atoms with Gasteiger partial charge < -0.3 is 9.84 Å². The predicted octanol–water partition coefficient (Wildman–Crippen LogP) is 4.26. The van der Waals surface area contributed by atoms with Crippen LogP contribution in [0.3, 0.4) is 0 Å². The molecule has 0 bridgehead atoms. The molecule has 0 aliphatic carbocycles. The molecule has 0 unspecified atom stereocenters. The highest BCUT2D eigenvalue weighted by atomic mass is 16.5. The summed E-state index contributed by atoms with van der Waals surface area (Å²) in [6.45, 7) is 10.3. The van der Waals surface area contributed by atoms with E-state index in [9.17, 15) is 9.59 Å². The molecule has 0 saturated heterocycles. The van der Waals surface area contributed by atoms with E-state index in [4.69, 9.17) is 9.84 Å². The Labute approximate surface area is 133 Å². The third-order valence-electron chi connectivity index (χ3n) is 2.16. The number of allylic oxidation sites excluding steroid dienone is 1. The fourth-order valence-corrected chi connectivity index (χ4v) is 0.959. The molecule has 0 spiro atoms. The van der Waals surface area contributed by atoms with Gasteiger partial charge in [0.05, 0.1) is 5.60 Å². The minimum absolute atomic E-state index is 0.0327. The number of aldehydes is 2. The Hall–Kier alpha value is -1.94. The van der Waals surface area contributed by atoms with Crippen LogP contribution in [0.5, 0.6) is 5.75 Å². The fourth-order valence-electron chi connectivity index (χ4n) is 0.959. The highest BCUT2D eigenvalue weighted by Gasteiger charge is 2.04. The number of rotatable bonds is 3. The van der Waals surface area contributed by atoms with Gasteiger partial charge in [-0.2, -0.15) is 0 Å². The van der Waals surface area contributed by atoms with Crippen molar-refractivity contribution in [3.05, 3.63) is 35.4 Å². The monoisotopic (exact) mass is 308 g/mol. The van der Waals surface area contributed by atoms with Crippen molar-refractivity contribution in [2.75, 3.05) is 7.11 Å². The number of hydrogen-bond acceptors (Lipinski definition) is 4. The van der Waals surface area contributed by atoms with Crippen LogP contribution >= 0.6 is 0 Å². The Morgan fingerprint density at radius 2 is 1.64 bits per heavy atom. The number of carbonyl (C=O) groups excluding carboxylic acids is 2. The zero-order valence-corrected chi connectivity index (χ0v) is 14.4. The standard InChI is InChI=1S/C10H8O3.C5H12O.C3H8/c11-5-1-2-8-3-4-10(13)6-9(8)7-12;1-5(2,3)6-4;1-3-2/h1-7,13H;1-4H3;3H2,1-2H3/b2-1+;;. The smallest absolute Gasteiger partial charge is 0.150 e. The fraction of sp³-hybridized carbons (Fsp3) is 0.444. The third-order valence-corrected chi connectivity index (χ3v) is 2.16. The summed E-state index contributed by atoms with van der Waals surface area (Å²) in [4.78, 5) is 20.5. The Morgan fingerprint density at radius 3 is 2.00 bits per heavy atom. The van der Waals surface area contributed by atoms with Crippen molar-refractivity contribution < 1.29 is 19.4 Å². The summed E-state index contributed by atoms with van der Waals surface area (Å²) in [5, 5.41) is 9.04. The average molecular weight is 308 g/mol. The molecule has 0 fully saturated rings. The van der Waals surface area contributed by atoms with Gasteiger partial charge in [-0.05, 0) is 44.5 Å². The van der Waals surface area contributed by atoms with E-state index in [2.05, 4.69) is 13.8 Å². The van der Waals surface area contributed by atoms with Gasteiger partial charge in [0.2, 0.25) is 0 Å². The minimum Gasteiger partial charge on any atom is -0.508 e. The van der Waals surface area contributed by atoms with Crippen molar-refractivity contribution in [2.45, 2.75) is 46.6 Å². The number of hydrogen-bond donors (Lipinski definition) is 1. The van der Waals surface area contributed by atoms with Crippen LogP contribution in [0.1, 0.15) is 57.0 Å². The largest absolute Gasteiger partial charge is 0.508 e. The highest BCUT2D eigenvalue weighted by molar-refractivity contribution is 5.85. The lowest BCUT2D eigenvalue weighted by atomic mass is 10.1. The molecule has 0 aromatic heterocycles. The molecule has 1 rings (SSSR count). The van der Waals surface area contributed by atoms with Crippen LogP contribution in [0.4, 0.5) is 0 Å². The first-order valence-electron chi connectivity index (χ1n) is 7.20. The molecule has 0 heterocycles. The number of phenolic OH excluding ortho intramolecular Hbond substituents is 1. The van der Waals surface area contributed by atoms with Crippen molar-refractivity contribution in [3.63, 3.8) is 0 Å². The second kappa shape index (κ2) is 12.8. The zero-order valence-electron chi connectivity index (χ0n) is 14.4. The van der Waals surface area contributed by atoms with Crippen LogP contribution in [0.15, 0.2) is 24.3 Å². The van der Waals surface area contributed by atoms with Gasteiger partial charge in [0, 0.05) is 12.7 Å². The van der Waals surface area contributed by atoms with Gasteiger partial charge in [-0.1, -0.05) is 32.4 Å². The van der Waals surface area contributed by atoms with Crippen LogP contribution in [0.25, 0.3) is 6.08 Å². The van der Waals surface area contributed by atoms with Crippen molar-refractivity contribution >= 4 is 18.6 Å². The Morgan fingerprint density at radius 1 is 1.14 bits per heavy atom. The Balaban J connectivity index is 0. The SMILES string of the molecule is CCC.COC(C)(C)C.O=C/C=C/c1ccc(O)cc1C=O. The summed E-state index contributed by atoms with van der Waals surface area (Å²) in [5.41, 5.74) is 1.01. The molecule has 0 aliphatic heterocycles. The number of aromatic hydroxyl groups is 1. The number of ether oxygens (including phenoxy) is 1. The maximum Gasteiger partial charge on any atom is 0.150 e. The van der Waals surface area contributed by atoms with E-state index in [1.165, 1.54) is 30.7 Å². The molecular weight excluding hydrogens is 280 g/mol. The maximum absolute atomic E-state index is 10.5. The topological polar surface area (TPSA) is 63.6 Å². The van der Waals surface area contributed by atoms with E-state index in [0.29, 0.717) is 23.7 Å². The van der Waals surface area contributed by atoms with Crippen molar-refractivity contribution in [1.29, 1.82) is 0 Å². The van der Waals surface area contributed by atoms with Crippen molar-refractivity contribution in [1.82, 2.24) is 0 Å². The molecule has 0 radical (unpaired) electrons. The number of benzene rings is 1. The first-order chi connectivity index (χ1) is 10.2. The van der Waals surface area contributed by atoms with Gasteiger partial charge >= 0.3 is 0 Å². The summed E-state index contributed by atoms with van der Waals surface area (Å²) in [7, 11) is 1.71. The van der Waals surface area contributed by atoms with E-state index >= 15 is 0 Å². The first kappa shape index (κ1) is 22.3. The molecule has 0 aliphatic rings. The molecule has 124 valence electrons. The maximum atomic E-state index is 10.5. The van der Waals surface area contributed by atoms with Crippen LogP contribution in [0, 0.1) is 0 Å². The van der Waals surface area contributed by atoms with Crippen LogP contribution in [0.2, 0.25) is 0 Å². The first-order valence-corrected chi connectivity index (χ1v) is 7.20. The van der Waals surface area contributed by atoms with Gasteiger partial charge in [-0.3, -0.25) is 9.59 Å². The molecule has 1 aromatic carbocycles. The van der Waals surface area contributed by atoms with E-state index < -0.39 is 0 Å². The van der Waals surface area contributed by atoms with Crippen LogP contribution < -0.4 is 0 Å². The normalized spacial score (nSPS) is 10.1. The molecule has 1 aromatic rings. The Kier molecular flexibility index (Phi) is 13.0. The predicted molar refractivity (Wildman–Crippen MR) is 91.3 cm³/mol. The van der Waals surface area contributed by atoms with E-state index in [0.717, 1.165) is 0 Å².